The molecule has 1 atom stereocenters. The van der Waals surface area contributed by atoms with Crippen LogP contribution < -0.4 is 5.73 Å². The minimum Gasteiger partial charge on any atom is -0.327 e. The molecule has 2 aromatic rings. The predicted molar refractivity (Wildman–Crippen MR) is 73.7 cm³/mol. The van der Waals surface area contributed by atoms with Crippen molar-refractivity contribution >= 4 is 15.9 Å². The Balaban J connectivity index is 2.03. The third-order valence-electron chi connectivity index (χ3n) is 2.68. The molecule has 0 bridgehead atoms. The van der Waals surface area contributed by atoms with Gasteiger partial charge in [-0.25, -0.2) is 8.78 Å². The highest BCUT2D eigenvalue weighted by molar-refractivity contribution is 9.10. The summed E-state index contributed by atoms with van der Waals surface area (Å²) >= 11 is 3.34. The molecule has 2 rings (SSSR count). The molecule has 0 aliphatic rings. The number of aromatic nitrogens is 1. The van der Waals surface area contributed by atoms with E-state index in [1.165, 1.54) is 12.1 Å². The predicted octanol–water partition coefficient (Wildman–Crippen LogP) is 3.23. The molecule has 0 fully saturated rings. The fraction of sp³-hybridized carbons (Fsp3) is 0.214. The summed E-state index contributed by atoms with van der Waals surface area (Å²) in [5.74, 6) is -1.15. The van der Waals surface area contributed by atoms with Crippen LogP contribution in [0.3, 0.4) is 0 Å². The van der Waals surface area contributed by atoms with Crippen molar-refractivity contribution in [1.82, 2.24) is 4.98 Å². The molecule has 1 unspecified atom stereocenters. The molecule has 0 aliphatic carbocycles. The highest BCUT2D eigenvalue weighted by atomic mass is 79.9. The molecular weight excluding hydrogens is 314 g/mol. The van der Waals surface area contributed by atoms with Crippen molar-refractivity contribution in [2.45, 2.75) is 18.9 Å². The molecule has 2 nitrogen and oxygen atoms in total. The molecule has 19 heavy (non-hydrogen) atoms. The Morgan fingerprint density at radius 2 is 1.63 bits per heavy atom. The van der Waals surface area contributed by atoms with E-state index in [4.69, 9.17) is 5.73 Å². The first-order valence-corrected chi connectivity index (χ1v) is 6.62. The van der Waals surface area contributed by atoms with Crippen LogP contribution in [0.15, 0.2) is 41.1 Å². The molecule has 1 aromatic heterocycles. The molecule has 0 saturated heterocycles. The van der Waals surface area contributed by atoms with E-state index in [2.05, 4.69) is 20.9 Å². The van der Waals surface area contributed by atoms with E-state index in [0.717, 1.165) is 16.1 Å². The largest absolute Gasteiger partial charge is 0.327 e. The van der Waals surface area contributed by atoms with E-state index in [1.54, 1.807) is 12.4 Å². The monoisotopic (exact) mass is 326 g/mol. The van der Waals surface area contributed by atoms with Crippen LogP contribution in [0.25, 0.3) is 0 Å². The van der Waals surface area contributed by atoms with Gasteiger partial charge < -0.3 is 5.73 Å². The molecule has 5 heteroatoms. The summed E-state index contributed by atoms with van der Waals surface area (Å²) in [5.41, 5.74) is 7.55. The fourth-order valence-corrected chi connectivity index (χ4v) is 2.39. The summed E-state index contributed by atoms with van der Waals surface area (Å²) in [4.78, 5) is 4.05. The molecular formula is C14H13BrF2N2. The quantitative estimate of drug-likeness (QED) is 0.936. The van der Waals surface area contributed by atoms with Crippen molar-refractivity contribution in [1.29, 1.82) is 0 Å². The minimum atomic E-state index is -0.577. The highest BCUT2D eigenvalue weighted by Gasteiger charge is 2.08. The molecule has 2 N–H and O–H groups in total. The molecule has 0 saturated carbocycles. The van der Waals surface area contributed by atoms with Gasteiger partial charge in [-0.3, -0.25) is 4.98 Å². The van der Waals surface area contributed by atoms with Crippen LogP contribution >= 0.6 is 15.9 Å². The molecule has 1 heterocycles. The third-order valence-corrected chi connectivity index (χ3v) is 3.11. The Hall–Kier alpha value is -1.33. The minimum absolute atomic E-state index is 0.211. The second-order valence-corrected chi connectivity index (χ2v) is 5.37. The zero-order valence-electron chi connectivity index (χ0n) is 10.1. The van der Waals surface area contributed by atoms with Crippen LogP contribution in [0.5, 0.6) is 0 Å². The fourth-order valence-electron chi connectivity index (χ4n) is 1.97. The summed E-state index contributed by atoms with van der Waals surface area (Å²) < 4.78 is 27.0. The standard InChI is InChI=1S/C14H13BrF2N2/c15-11-1-10(7-19-8-11)5-14(18)4-9-2-12(16)6-13(17)3-9/h1-3,6-8,14H,4-5,18H2. The van der Waals surface area contributed by atoms with E-state index in [1.807, 2.05) is 6.07 Å². The lowest BCUT2D eigenvalue weighted by atomic mass is 10.0. The van der Waals surface area contributed by atoms with Crippen LogP contribution in [-0.4, -0.2) is 11.0 Å². The van der Waals surface area contributed by atoms with Gasteiger partial charge in [-0.05, 0) is 58.1 Å². The first kappa shape index (κ1) is 14.1. The molecule has 100 valence electrons. The van der Waals surface area contributed by atoms with Crippen molar-refractivity contribution in [3.05, 3.63) is 63.9 Å². The van der Waals surface area contributed by atoms with Gasteiger partial charge in [0, 0.05) is 29.0 Å². The van der Waals surface area contributed by atoms with Crippen LogP contribution in [0.4, 0.5) is 8.78 Å². The average molecular weight is 327 g/mol. The van der Waals surface area contributed by atoms with E-state index >= 15 is 0 Å². The lowest BCUT2D eigenvalue weighted by Gasteiger charge is -2.12. The van der Waals surface area contributed by atoms with Crippen molar-refractivity contribution in [3.8, 4) is 0 Å². The van der Waals surface area contributed by atoms with Crippen LogP contribution in [0.2, 0.25) is 0 Å². The lowest BCUT2D eigenvalue weighted by molar-refractivity contribution is 0.574. The van der Waals surface area contributed by atoms with Crippen molar-refractivity contribution in [2.75, 3.05) is 0 Å². The van der Waals surface area contributed by atoms with E-state index < -0.39 is 11.6 Å². The number of nitrogens with two attached hydrogens (primary N) is 1. The topological polar surface area (TPSA) is 38.9 Å². The number of pyridine rings is 1. The first-order chi connectivity index (χ1) is 9.02. The zero-order valence-corrected chi connectivity index (χ0v) is 11.7. The van der Waals surface area contributed by atoms with Gasteiger partial charge in [0.05, 0.1) is 0 Å². The normalized spacial score (nSPS) is 12.4. The van der Waals surface area contributed by atoms with Crippen LogP contribution in [-0.2, 0) is 12.8 Å². The molecule has 0 spiro atoms. The van der Waals surface area contributed by atoms with Gasteiger partial charge in [0.2, 0.25) is 0 Å². The third kappa shape index (κ3) is 4.36. The number of nitrogens with zero attached hydrogens (tertiary/aromatic N) is 1. The maximum Gasteiger partial charge on any atom is 0.126 e. The smallest absolute Gasteiger partial charge is 0.126 e. The maximum absolute atomic E-state index is 13.1. The summed E-state index contributed by atoms with van der Waals surface area (Å²) in [7, 11) is 0. The second kappa shape index (κ2) is 6.21. The SMILES string of the molecule is NC(Cc1cc(F)cc(F)c1)Cc1cncc(Br)c1. The van der Waals surface area contributed by atoms with E-state index in [-0.39, 0.29) is 6.04 Å². The van der Waals surface area contributed by atoms with Crippen molar-refractivity contribution in [3.63, 3.8) is 0 Å². The Morgan fingerprint density at radius 3 is 2.26 bits per heavy atom. The van der Waals surface area contributed by atoms with Gasteiger partial charge in [-0.15, -0.1) is 0 Å². The molecule has 0 aliphatic heterocycles. The summed E-state index contributed by atoms with van der Waals surface area (Å²) in [5, 5.41) is 0. The van der Waals surface area contributed by atoms with Gasteiger partial charge in [0.1, 0.15) is 11.6 Å². The lowest BCUT2D eigenvalue weighted by Crippen LogP contribution is -2.25. The summed E-state index contributed by atoms with van der Waals surface area (Å²) in [6, 6.07) is 5.19. The van der Waals surface area contributed by atoms with Crippen molar-refractivity contribution in [2.24, 2.45) is 5.73 Å². The van der Waals surface area contributed by atoms with Crippen LogP contribution in [0, 0.1) is 11.6 Å². The molecule has 0 amide bonds. The maximum atomic E-state index is 13.1. The summed E-state index contributed by atoms with van der Waals surface area (Å²) in [6.45, 7) is 0. The number of hydrogen-bond donors (Lipinski definition) is 1. The molecule has 1 aromatic carbocycles. The van der Waals surface area contributed by atoms with Crippen LogP contribution in [0.1, 0.15) is 11.1 Å². The number of rotatable bonds is 4. The van der Waals surface area contributed by atoms with Gasteiger partial charge in [0.15, 0.2) is 0 Å². The second-order valence-electron chi connectivity index (χ2n) is 4.46. The average Bonchev–Trinajstić information content (AvgIpc) is 2.26. The van der Waals surface area contributed by atoms with E-state index in [0.29, 0.717) is 18.4 Å². The van der Waals surface area contributed by atoms with Gasteiger partial charge in [0.25, 0.3) is 0 Å². The number of benzene rings is 1. The van der Waals surface area contributed by atoms with Crippen molar-refractivity contribution < 1.29 is 8.78 Å². The Labute approximate surface area is 118 Å². The van der Waals surface area contributed by atoms with Gasteiger partial charge in [-0.2, -0.15) is 0 Å². The highest BCUT2D eigenvalue weighted by Crippen LogP contribution is 2.14. The molecule has 0 radical (unpaired) electrons. The Morgan fingerprint density at radius 1 is 1.00 bits per heavy atom. The van der Waals surface area contributed by atoms with Gasteiger partial charge in [-0.1, -0.05) is 0 Å². The van der Waals surface area contributed by atoms with Gasteiger partial charge >= 0.3 is 0 Å². The Bertz CT molecular complexity index is 555. The first-order valence-electron chi connectivity index (χ1n) is 5.83. The van der Waals surface area contributed by atoms with E-state index in [9.17, 15) is 8.78 Å². The Kier molecular flexibility index (Phi) is 4.61. The number of hydrogen-bond acceptors (Lipinski definition) is 2. The number of halogens is 3. The zero-order chi connectivity index (χ0) is 13.8. The summed E-state index contributed by atoms with van der Waals surface area (Å²) in [6.07, 6.45) is 4.44.